The third-order valence-electron chi connectivity index (χ3n) is 2.25. The lowest BCUT2D eigenvalue weighted by Gasteiger charge is -2.05. The molecule has 0 saturated heterocycles. The van der Waals surface area contributed by atoms with Crippen molar-refractivity contribution in [3.63, 3.8) is 0 Å². The first-order valence-corrected chi connectivity index (χ1v) is 6.11. The van der Waals surface area contributed by atoms with Crippen molar-refractivity contribution in [3.05, 3.63) is 46.6 Å². The Morgan fingerprint density at radius 1 is 1.18 bits per heavy atom. The molecule has 1 aromatic heterocycles. The second-order valence-corrected chi connectivity index (χ2v) is 4.41. The van der Waals surface area contributed by atoms with Crippen molar-refractivity contribution in [2.75, 3.05) is 17.6 Å². The fourth-order valence-corrected chi connectivity index (χ4v) is 1.88. The van der Waals surface area contributed by atoms with E-state index < -0.39 is 0 Å². The molecule has 0 unspecified atom stereocenters. The van der Waals surface area contributed by atoms with Crippen LogP contribution in [0.2, 0.25) is 0 Å². The molecule has 0 spiro atoms. The van der Waals surface area contributed by atoms with E-state index in [1.807, 2.05) is 18.2 Å². The van der Waals surface area contributed by atoms with Crippen molar-refractivity contribution < 1.29 is 0 Å². The molecule has 4 nitrogen and oxygen atoms in total. The second kappa shape index (κ2) is 5.63. The number of nitrogens with two attached hydrogens (primary N) is 1. The predicted octanol–water partition coefficient (Wildman–Crippen LogP) is 2.48. The molecule has 0 aliphatic carbocycles. The van der Waals surface area contributed by atoms with E-state index in [4.69, 9.17) is 5.73 Å². The summed E-state index contributed by atoms with van der Waals surface area (Å²) in [5.41, 5.74) is 6.90. The van der Waals surface area contributed by atoms with Crippen LogP contribution in [0.25, 0.3) is 0 Å². The molecular formula is C12H13BrN4. The van der Waals surface area contributed by atoms with Crippen LogP contribution in [0.4, 0.5) is 11.8 Å². The average Bonchev–Trinajstić information content (AvgIpc) is 2.29. The lowest BCUT2D eigenvalue weighted by atomic mass is 10.1. The van der Waals surface area contributed by atoms with Gasteiger partial charge in [-0.3, -0.25) is 0 Å². The summed E-state index contributed by atoms with van der Waals surface area (Å²) in [4.78, 5) is 8.27. The Bertz CT molecular complexity index is 467. The molecule has 0 aliphatic heterocycles. The number of anilines is 2. The Labute approximate surface area is 108 Å². The molecular weight excluding hydrogens is 280 g/mol. The first kappa shape index (κ1) is 11.9. The van der Waals surface area contributed by atoms with Crippen LogP contribution in [-0.2, 0) is 6.42 Å². The van der Waals surface area contributed by atoms with Gasteiger partial charge in [0.2, 0.25) is 5.95 Å². The lowest BCUT2D eigenvalue weighted by Crippen LogP contribution is -2.09. The Morgan fingerprint density at radius 2 is 1.94 bits per heavy atom. The molecule has 17 heavy (non-hydrogen) atoms. The molecule has 3 N–H and O–H groups in total. The summed E-state index contributed by atoms with van der Waals surface area (Å²) < 4.78 is 0.687. The minimum Gasteiger partial charge on any atom is -0.383 e. The molecule has 88 valence electrons. The summed E-state index contributed by atoms with van der Waals surface area (Å²) in [7, 11) is 0. The second-order valence-electron chi connectivity index (χ2n) is 3.60. The lowest BCUT2D eigenvalue weighted by molar-refractivity contribution is 0.981. The van der Waals surface area contributed by atoms with Gasteiger partial charge in [-0.2, -0.15) is 4.98 Å². The van der Waals surface area contributed by atoms with Gasteiger partial charge < -0.3 is 11.1 Å². The smallest absolute Gasteiger partial charge is 0.225 e. The SMILES string of the molecule is Nc1cc(Br)nc(NCCc2ccccc2)n1. The number of nitrogens with one attached hydrogen (secondary N) is 1. The summed E-state index contributed by atoms with van der Waals surface area (Å²) >= 11 is 3.28. The largest absolute Gasteiger partial charge is 0.383 e. The minimum absolute atomic E-state index is 0.453. The van der Waals surface area contributed by atoms with Gasteiger partial charge in [-0.05, 0) is 27.9 Å². The highest BCUT2D eigenvalue weighted by molar-refractivity contribution is 9.10. The highest BCUT2D eigenvalue weighted by atomic mass is 79.9. The summed E-state index contributed by atoms with van der Waals surface area (Å²) in [6, 6.07) is 11.9. The maximum absolute atomic E-state index is 5.62. The Hall–Kier alpha value is -1.62. The molecule has 0 saturated carbocycles. The van der Waals surface area contributed by atoms with Gasteiger partial charge in [0, 0.05) is 12.6 Å². The van der Waals surface area contributed by atoms with Crippen LogP contribution in [0, 0.1) is 0 Å². The van der Waals surface area contributed by atoms with E-state index in [-0.39, 0.29) is 0 Å². The van der Waals surface area contributed by atoms with Crippen molar-refractivity contribution in [1.29, 1.82) is 0 Å². The average molecular weight is 293 g/mol. The normalized spacial score (nSPS) is 10.2. The van der Waals surface area contributed by atoms with Gasteiger partial charge in [0.25, 0.3) is 0 Å². The van der Waals surface area contributed by atoms with Gasteiger partial charge >= 0.3 is 0 Å². The zero-order valence-corrected chi connectivity index (χ0v) is 10.8. The molecule has 0 radical (unpaired) electrons. The number of nitrogens with zero attached hydrogens (tertiary/aromatic N) is 2. The van der Waals surface area contributed by atoms with E-state index in [2.05, 4.69) is 43.3 Å². The van der Waals surface area contributed by atoms with Crippen molar-refractivity contribution in [2.24, 2.45) is 0 Å². The summed E-state index contributed by atoms with van der Waals surface area (Å²) in [5.74, 6) is 1.00. The maximum Gasteiger partial charge on any atom is 0.225 e. The van der Waals surface area contributed by atoms with Crippen LogP contribution in [-0.4, -0.2) is 16.5 Å². The van der Waals surface area contributed by atoms with E-state index in [1.165, 1.54) is 5.56 Å². The number of rotatable bonds is 4. The molecule has 1 heterocycles. The van der Waals surface area contributed by atoms with Gasteiger partial charge in [0.15, 0.2) is 0 Å². The van der Waals surface area contributed by atoms with Crippen molar-refractivity contribution >= 4 is 27.7 Å². The fraction of sp³-hybridized carbons (Fsp3) is 0.167. The predicted molar refractivity (Wildman–Crippen MR) is 72.8 cm³/mol. The number of benzene rings is 1. The minimum atomic E-state index is 0.453. The zero-order valence-electron chi connectivity index (χ0n) is 9.23. The number of aromatic nitrogens is 2. The first-order valence-electron chi connectivity index (χ1n) is 5.32. The van der Waals surface area contributed by atoms with E-state index in [9.17, 15) is 0 Å². The van der Waals surface area contributed by atoms with Crippen LogP contribution < -0.4 is 11.1 Å². The molecule has 0 aliphatic rings. The fourth-order valence-electron chi connectivity index (χ4n) is 1.48. The Kier molecular flexibility index (Phi) is 3.93. The summed E-state index contributed by atoms with van der Waals surface area (Å²) in [5, 5.41) is 3.14. The number of nitrogen functional groups attached to an aromatic ring is 1. The molecule has 0 fully saturated rings. The van der Waals surface area contributed by atoms with Gasteiger partial charge in [0.05, 0.1) is 0 Å². The monoisotopic (exact) mass is 292 g/mol. The quantitative estimate of drug-likeness (QED) is 0.850. The summed E-state index contributed by atoms with van der Waals surface area (Å²) in [6.07, 6.45) is 0.927. The van der Waals surface area contributed by atoms with Crippen molar-refractivity contribution in [1.82, 2.24) is 9.97 Å². The van der Waals surface area contributed by atoms with Gasteiger partial charge in [-0.25, -0.2) is 4.98 Å². The van der Waals surface area contributed by atoms with E-state index in [0.29, 0.717) is 16.4 Å². The maximum atomic E-state index is 5.62. The molecule has 0 atom stereocenters. The third-order valence-corrected chi connectivity index (χ3v) is 2.66. The number of hydrogen-bond acceptors (Lipinski definition) is 4. The van der Waals surface area contributed by atoms with Crippen LogP contribution in [0.1, 0.15) is 5.56 Å². The van der Waals surface area contributed by atoms with E-state index in [1.54, 1.807) is 6.07 Å². The van der Waals surface area contributed by atoms with E-state index in [0.717, 1.165) is 13.0 Å². The highest BCUT2D eigenvalue weighted by Crippen LogP contribution is 2.12. The first-order chi connectivity index (χ1) is 8.24. The third kappa shape index (κ3) is 3.71. The number of hydrogen-bond donors (Lipinski definition) is 2. The Balaban J connectivity index is 1.90. The van der Waals surface area contributed by atoms with Gasteiger partial charge in [-0.1, -0.05) is 30.3 Å². The van der Waals surface area contributed by atoms with Gasteiger partial charge in [-0.15, -0.1) is 0 Å². The van der Waals surface area contributed by atoms with Crippen LogP contribution in [0.15, 0.2) is 41.0 Å². The molecule has 1 aromatic carbocycles. The van der Waals surface area contributed by atoms with Crippen molar-refractivity contribution in [2.45, 2.75) is 6.42 Å². The molecule has 2 rings (SSSR count). The number of halogens is 1. The van der Waals surface area contributed by atoms with E-state index >= 15 is 0 Å². The molecule has 2 aromatic rings. The zero-order chi connectivity index (χ0) is 12.1. The standard InChI is InChI=1S/C12H13BrN4/c13-10-8-11(14)17-12(16-10)15-7-6-9-4-2-1-3-5-9/h1-5,8H,6-7H2,(H3,14,15,16,17). The van der Waals surface area contributed by atoms with Crippen LogP contribution in [0.5, 0.6) is 0 Å². The molecule has 0 bridgehead atoms. The highest BCUT2D eigenvalue weighted by Gasteiger charge is 1.99. The Morgan fingerprint density at radius 3 is 2.65 bits per heavy atom. The summed E-state index contributed by atoms with van der Waals surface area (Å²) in [6.45, 7) is 0.778. The van der Waals surface area contributed by atoms with Crippen LogP contribution in [0.3, 0.4) is 0 Å². The van der Waals surface area contributed by atoms with Crippen molar-refractivity contribution in [3.8, 4) is 0 Å². The van der Waals surface area contributed by atoms with Crippen LogP contribution >= 0.6 is 15.9 Å². The molecule has 0 amide bonds. The topological polar surface area (TPSA) is 63.8 Å². The van der Waals surface area contributed by atoms with Gasteiger partial charge in [0.1, 0.15) is 10.4 Å². The molecule has 5 heteroatoms.